The molecule has 8 unspecified atom stereocenters. The molecule has 2 aliphatic carbocycles. The number of ether oxygens (including phenoxy) is 2. The summed E-state index contributed by atoms with van der Waals surface area (Å²) in [7, 11) is 0. The number of amides is 3. The minimum atomic E-state index is -0.809. The maximum absolute atomic E-state index is 13.6. The molecule has 2 saturated carbocycles. The number of aldehydes is 1. The van der Waals surface area contributed by atoms with Crippen LogP contribution in [-0.2, 0) is 28.7 Å². The van der Waals surface area contributed by atoms with Crippen LogP contribution in [0.25, 0.3) is 0 Å². The topological polar surface area (TPSA) is 193 Å². The van der Waals surface area contributed by atoms with E-state index < -0.39 is 23.3 Å². The van der Waals surface area contributed by atoms with Crippen LogP contribution < -0.4 is 43.0 Å². The normalized spacial score (nSPS) is 36.7. The Bertz CT molecular complexity index is 1340. The van der Waals surface area contributed by atoms with E-state index in [4.69, 9.17) is 9.47 Å². The van der Waals surface area contributed by atoms with Gasteiger partial charge in [0.1, 0.15) is 12.3 Å². The van der Waals surface area contributed by atoms with Gasteiger partial charge in [-0.3, -0.25) is 35.8 Å². The van der Waals surface area contributed by atoms with Gasteiger partial charge in [-0.15, -0.1) is 0 Å². The summed E-state index contributed by atoms with van der Waals surface area (Å²) < 4.78 is 11.7. The van der Waals surface area contributed by atoms with Crippen LogP contribution in [0.2, 0.25) is 0 Å². The average molecular weight is 788 g/mol. The van der Waals surface area contributed by atoms with Gasteiger partial charge in [-0.2, -0.15) is 5.53 Å². The van der Waals surface area contributed by atoms with Gasteiger partial charge < -0.3 is 29.8 Å². The van der Waals surface area contributed by atoms with Crippen molar-refractivity contribution in [3.8, 4) is 0 Å². The molecule has 0 radical (unpaired) electrons. The van der Waals surface area contributed by atoms with E-state index in [1.54, 1.807) is 4.90 Å². The molecule has 17 nitrogen and oxygen atoms in total. The fourth-order valence-electron chi connectivity index (χ4n) is 10.8. The van der Waals surface area contributed by atoms with Gasteiger partial charge in [-0.05, 0) is 57.3 Å². The Balaban J connectivity index is 0.725. The van der Waals surface area contributed by atoms with E-state index in [0.29, 0.717) is 82.3 Å². The number of likely N-dealkylation sites (tertiary alicyclic amines) is 1. The van der Waals surface area contributed by atoms with Gasteiger partial charge in [0, 0.05) is 75.9 Å². The van der Waals surface area contributed by atoms with Crippen LogP contribution >= 0.6 is 0 Å². The summed E-state index contributed by atoms with van der Waals surface area (Å²) in [6.07, 6.45) is 12.8. The lowest BCUT2D eigenvalue weighted by atomic mass is 9.66. The number of fused-ring (bicyclic) bond motifs is 2. The van der Waals surface area contributed by atoms with Gasteiger partial charge in [0.05, 0.1) is 50.1 Å². The highest BCUT2D eigenvalue weighted by atomic mass is 16.5. The van der Waals surface area contributed by atoms with Gasteiger partial charge in [-0.1, -0.05) is 33.1 Å². The van der Waals surface area contributed by atoms with E-state index in [1.165, 1.54) is 38.5 Å². The van der Waals surface area contributed by atoms with Crippen LogP contribution in [0.15, 0.2) is 0 Å². The van der Waals surface area contributed by atoms with Crippen LogP contribution in [0.4, 0.5) is 0 Å². The molecular formula is C39H69N11O6. The predicted molar refractivity (Wildman–Crippen MR) is 209 cm³/mol. The highest BCUT2D eigenvalue weighted by Crippen LogP contribution is 2.47. The third-order valence-electron chi connectivity index (χ3n) is 13.8. The summed E-state index contributed by atoms with van der Waals surface area (Å²) in [6, 6.07) is 1.13. The Kier molecular flexibility index (Phi) is 14.8. The third-order valence-corrected chi connectivity index (χ3v) is 13.8. The lowest BCUT2D eigenvalue weighted by molar-refractivity contribution is -0.145. The van der Waals surface area contributed by atoms with E-state index in [2.05, 4.69) is 66.8 Å². The summed E-state index contributed by atoms with van der Waals surface area (Å²) in [6.45, 7) is 11.1. The molecule has 5 heterocycles. The third kappa shape index (κ3) is 9.82. The number of carbonyl (C=O) groups excluding carboxylic acids is 4. The van der Waals surface area contributed by atoms with Crippen molar-refractivity contribution in [1.82, 2.24) is 57.9 Å². The maximum Gasteiger partial charge on any atom is 0.249 e. The zero-order valence-electron chi connectivity index (χ0n) is 33.7. The fourth-order valence-corrected chi connectivity index (χ4v) is 10.8. The predicted octanol–water partition coefficient (Wildman–Crippen LogP) is -0.935. The van der Waals surface area contributed by atoms with Gasteiger partial charge in [0.2, 0.25) is 17.7 Å². The molecular weight excluding hydrogens is 718 g/mol. The van der Waals surface area contributed by atoms with Crippen LogP contribution in [0.3, 0.4) is 0 Å². The SMILES string of the molecule is CCC(CC)C1CC(N[C@H]2CC[C@H](NCC3CN(CCOCCOCCNC4CCCC5(C=O)CN(C6CCC(=O)NC6=O)C(=O)C45)NN3)C2)N2NCCC2N1. The molecule has 56 heavy (non-hydrogen) atoms. The van der Waals surface area contributed by atoms with Gasteiger partial charge >= 0.3 is 0 Å². The van der Waals surface area contributed by atoms with Crippen molar-refractivity contribution in [3.05, 3.63) is 0 Å². The lowest BCUT2D eigenvalue weighted by Gasteiger charge is -2.45. The van der Waals surface area contributed by atoms with Gasteiger partial charge in [0.15, 0.2) is 0 Å². The maximum atomic E-state index is 13.6. The number of carbonyl (C=O) groups is 4. The molecule has 5 aliphatic heterocycles. The Morgan fingerprint density at radius 1 is 0.964 bits per heavy atom. The molecule has 0 bridgehead atoms. The summed E-state index contributed by atoms with van der Waals surface area (Å²) in [4.78, 5) is 51.7. The first-order valence-corrected chi connectivity index (χ1v) is 21.8. The van der Waals surface area contributed by atoms with Crippen molar-refractivity contribution in [1.29, 1.82) is 0 Å². The molecule has 0 spiro atoms. The summed E-state index contributed by atoms with van der Waals surface area (Å²) >= 11 is 0. The molecule has 0 aromatic rings. The Hall–Kier alpha value is -2.16. The van der Waals surface area contributed by atoms with Gasteiger partial charge in [-0.25, -0.2) is 15.4 Å². The molecule has 8 N–H and O–H groups in total. The van der Waals surface area contributed by atoms with Crippen molar-refractivity contribution in [3.63, 3.8) is 0 Å². The Morgan fingerprint density at radius 3 is 2.59 bits per heavy atom. The van der Waals surface area contributed by atoms with E-state index in [9.17, 15) is 19.2 Å². The van der Waals surface area contributed by atoms with Crippen molar-refractivity contribution in [2.45, 2.75) is 139 Å². The number of imide groups is 1. The number of hydrogen-bond acceptors (Lipinski definition) is 15. The standard InChI is InChI=1S/C39H69N11O6/c1-3-26(4-2)31-21-34(50-33(44-31)11-13-42-50)43-28-8-7-27(20-28)41-22-29-23-48(47-46-29)15-17-56-19-18-55-16-14-40-30-6-5-12-39(25-51)24-49(38(54)36(30)39)32-9-10-35(52)45-37(32)53/h25-34,36,40-44,46-47H,3-24H2,1-2H3,(H,45,52,53)/t27-,28-,29?,30?,31?,32?,33?,34?,36?,39?/m0/s1. The molecule has 7 aliphatic rings. The second-order valence-electron chi connectivity index (χ2n) is 17.3. The monoisotopic (exact) mass is 788 g/mol. The number of nitrogens with zero attached hydrogens (tertiary/aromatic N) is 3. The van der Waals surface area contributed by atoms with Crippen molar-refractivity contribution < 1.29 is 28.7 Å². The number of hydrogen-bond donors (Lipinski definition) is 8. The number of piperidine rings is 1. The highest BCUT2D eigenvalue weighted by Gasteiger charge is 2.59. The van der Waals surface area contributed by atoms with E-state index >= 15 is 0 Å². The summed E-state index contributed by atoms with van der Waals surface area (Å²) in [5.41, 5.74) is 9.55. The van der Waals surface area contributed by atoms with E-state index in [-0.39, 0.29) is 30.8 Å². The van der Waals surface area contributed by atoms with Crippen molar-refractivity contribution in [2.24, 2.45) is 17.3 Å². The molecule has 7 fully saturated rings. The molecule has 17 heteroatoms. The average Bonchev–Trinajstić information content (AvgIpc) is 4.01. The first-order valence-electron chi connectivity index (χ1n) is 21.8. The first kappa shape index (κ1) is 42.0. The second-order valence-corrected chi connectivity index (χ2v) is 17.3. The zero-order chi connectivity index (χ0) is 39.1. The van der Waals surface area contributed by atoms with Crippen LogP contribution in [0.1, 0.15) is 90.9 Å². The lowest BCUT2D eigenvalue weighted by Crippen LogP contribution is -2.66. The molecule has 316 valence electrons. The smallest absolute Gasteiger partial charge is 0.249 e. The largest absolute Gasteiger partial charge is 0.378 e. The van der Waals surface area contributed by atoms with E-state index in [1.807, 2.05) is 0 Å². The van der Waals surface area contributed by atoms with E-state index in [0.717, 1.165) is 57.6 Å². The number of hydrazine groups is 3. The minimum absolute atomic E-state index is 0.167. The Labute approximate surface area is 332 Å². The fraction of sp³-hybridized carbons (Fsp3) is 0.897. The molecule has 7 rings (SSSR count). The summed E-state index contributed by atoms with van der Waals surface area (Å²) in [5.74, 6) is -0.718. The number of rotatable bonds is 20. The van der Waals surface area contributed by atoms with Crippen molar-refractivity contribution in [2.75, 3.05) is 65.7 Å². The molecule has 3 amide bonds. The minimum Gasteiger partial charge on any atom is -0.378 e. The zero-order valence-corrected chi connectivity index (χ0v) is 33.7. The second kappa shape index (κ2) is 19.7. The first-order chi connectivity index (χ1) is 27.3. The molecule has 10 atom stereocenters. The van der Waals surface area contributed by atoms with Crippen LogP contribution in [0, 0.1) is 17.3 Å². The highest BCUT2D eigenvalue weighted by molar-refractivity contribution is 6.02. The van der Waals surface area contributed by atoms with Crippen LogP contribution in [0.5, 0.6) is 0 Å². The molecule has 0 aromatic heterocycles. The molecule has 5 saturated heterocycles. The van der Waals surface area contributed by atoms with Gasteiger partial charge in [0.25, 0.3) is 0 Å². The quantitative estimate of drug-likeness (QED) is 0.0429. The summed E-state index contributed by atoms with van der Waals surface area (Å²) in [5, 5.41) is 22.3. The van der Waals surface area contributed by atoms with Crippen LogP contribution in [-0.4, -0.2) is 153 Å². The molecule has 0 aromatic carbocycles. The van der Waals surface area contributed by atoms with Crippen molar-refractivity contribution >= 4 is 24.0 Å². The number of nitrogens with one attached hydrogen (secondary N) is 8. The Morgan fingerprint density at radius 2 is 1.79 bits per heavy atom.